The SMILES string of the molecule is CC(C)C(=O)N[C@@H](C)c1nc(-c2ccc(Cl)cc2)n[nH]1. The van der Waals surface area contributed by atoms with Crippen molar-refractivity contribution >= 4 is 17.5 Å². The number of aromatic amines is 1. The molecule has 0 saturated carbocycles. The summed E-state index contributed by atoms with van der Waals surface area (Å²) in [6.45, 7) is 5.57. The van der Waals surface area contributed by atoms with E-state index in [0.29, 0.717) is 16.7 Å². The first-order chi connectivity index (χ1) is 9.47. The summed E-state index contributed by atoms with van der Waals surface area (Å²) in [5.74, 6) is 1.14. The molecule has 6 heteroatoms. The van der Waals surface area contributed by atoms with Gasteiger partial charge in [-0.1, -0.05) is 25.4 Å². The summed E-state index contributed by atoms with van der Waals surface area (Å²) in [4.78, 5) is 16.1. The monoisotopic (exact) mass is 292 g/mol. The second kappa shape index (κ2) is 6.05. The number of carbonyl (C=O) groups excluding carboxylic acids is 1. The van der Waals surface area contributed by atoms with Gasteiger partial charge in [0, 0.05) is 16.5 Å². The summed E-state index contributed by atoms with van der Waals surface area (Å²) in [6, 6.07) is 7.08. The van der Waals surface area contributed by atoms with Crippen LogP contribution >= 0.6 is 11.6 Å². The van der Waals surface area contributed by atoms with Gasteiger partial charge in [0.25, 0.3) is 0 Å². The lowest BCUT2D eigenvalue weighted by atomic mass is 10.2. The summed E-state index contributed by atoms with van der Waals surface area (Å²) in [7, 11) is 0. The van der Waals surface area contributed by atoms with Crippen LogP contribution in [0.3, 0.4) is 0 Å². The molecular weight excluding hydrogens is 276 g/mol. The Bertz CT molecular complexity index is 591. The second-order valence-electron chi connectivity index (χ2n) is 4.94. The topological polar surface area (TPSA) is 70.7 Å². The van der Waals surface area contributed by atoms with Crippen LogP contribution in [0.1, 0.15) is 32.6 Å². The maximum absolute atomic E-state index is 11.7. The van der Waals surface area contributed by atoms with Crippen molar-refractivity contribution < 1.29 is 4.79 Å². The van der Waals surface area contributed by atoms with Gasteiger partial charge in [-0.3, -0.25) is 9.89 Å². The first-order valence-electron chi connectivity index (χ1n) is 6.46. The van der Waals surface area contributed by atoms with Crippen LogP contribution in [0.25, 0.3) is 11.4 Å². The molecule has 2 N–H and O–H groups in total. The third kappa shape index (κ3) is 3.36. The van der Waals surface area contributed by atoms with Crippen molar-refractivity contribution in [3.63, 3.8) is 0 Å². The summed E-state index contributed by atoms with van der Waals surface area (Å²) in [5, 5.41) is 10.6. The highest BCUT2D eigenvalue weighted by molar-refractivity contribution is 6.30. The molecule has 5 nitrogen and oxygen atoms in total. The third-order valence-corrected chi connectivity index (χ3v) is 3.15. The molecule has 0 radical (unpaired) electrons. The van der Waals surface area contributed by atoms with Crippen molar-refractivity contribution in [1.29, 1.82) is 0 Å². The molecule has 1 aromatic heterocycles. The Morgan fingerprint density at radius 3 is 2.50 bits per heavy atom. The molecule has 0 aliphatic carbocycles. The zero-order valence-electron chi connectivity index (χ0n) is 11.6. The lowest BCUT2D eigenvalue weighted by molar-refractivity contribution is -0.124. The van der Waals surface area contributed by atoms with Crippen LogP contribution in [-0.4, -0.2) is 21.1 Å². The smallest absolute Gasteiger partial charge is 0.223 e. The van der Waals surface area contributed by atoms with Gasteiger partial charge in [0.05, 0.1) is 6.04 Å². The first-order valence-corrected chi connectivity index (χ1v) is 6.83. The number of amides is 1. The summed E-state index contributed by atoms with van der Waals surface area (Å²) < 4.78 is 0. The molecule has 2 rings (SSSR count). The zero-order chi connectivity index (χ0) is 14.7. The fourth-order valence-electron chi connectivity index (χ4n) is 1.64. The Morgan fingerprint density at radius 1 is 1.25 bits per heavy atom. The standard InChI is InChI=1S/C14H17ClN4O/c1-8(2)14(20)16-9(3)12-17-13(19-18-12)10-4-6-11(15)7-5-10/h4-9H,1-3H3,(H,16,20)(H,17,18,19)/t9-/m0/s1. The second-order valence-corrected chi connectivity index (χ2v) is 5.37. The van der Waals surface area contributed by atoms with Crippen LogP contribution in [0.4, 0.5) is 0 Å². The average molecular weight is 293 g/mol. The number of hydrogen-bond acceptors (Lipinski definition) is 3. The Balaban J connectivity index is 2.12. The fourth-order valence-corrected chi connectivity index (χ4v) is 1.77. The number of rotatable bonds is 4. The summed E-state index contributed by atoms with van der Waals surface area (Å²) in [5.41, 5.74) is 0.874. The van der Waals surface area contributed by atoms with Gasteiger partial charge < -0.3 is 5.32 Å². The van der Waals surface area contributed by atoms with Gasteiger partial charge >= 0.3 is 0 Å². The minimum absolute atomic E-state index is 0.0121. The predicted octanol–water partition coefficient (Wildman–Crippen LogP) is 2.96. The van der Waals surface area contributed by atoms with Gasteiger partial charge in [-0.15, -0.1) is 0 Å². The van der Waals surface area contributed by atoms with E-state index in [0.717, 1.165) is 5.56 Å². The van der Waals surface area contributed by atoms with Gasteiger partial charge in [0.15, 0.2) is 5.82 Å². The number of halogens is 1. The van der Waals surface area contributed by atoms with Gasteiger partial charge in [-0.2, -0.15) is 5.10 Å². The largest absolute Gasteiger partial charge is 0.346 e. The Morgan fingerprint density at radius 2 is 1.90 bits per heavy atom. The molecule has 0 unspecified atom stereocenters. The van der Waals surface area contributed by atoms with Crippen LogP contribution in [0.5, 0.6) is 0 Å². The number of H-pyrrole nitrogens is 1. The molecule has 0 spiro atoms. The van der Waals surface area contributed by atoms with Gasteiger partial charge in [-0.05, 0) is 31.2 Å². The molecule has 1 amide bonds. The molecule has 106 valence electrons. The van der Waals surface area contributed by atoms with E-state index in [-0.39, 0.29) is 17.9 Å². The Hall–Kier alpha value is -1.88. The molecule has 1 aromatic carbocycles. The molecule has 1 atom stereocenters. The molecular formula is C14H17ClN4O. The van der Waals surface area contributed by atoms with Crippen molar-refractivity contribution in [2.75, 3.05) is 0 Å². The van der Waals surface area contributed by atoms with Crippen LogP contribution in [-0.2, 0) is 4.79 Å². The van der Waals surface area contributed by atoms with Crippen LogP contribution in [0, 0.1) is 5.92 Å². The lowest BCUT2D eigenvalue weighted by Crippen LogP contribution is -2.30. The average Bonchev–Trinajstić information content (AvgIpc) is 2.89. The molecule has 0 bridgehead atoms. The normalized spacial score (nSPS) is 12.4. The minimum Gasteiger partial charge on any atom is -0.346 e. The van der Waals surface area contributed by atoms with E-state index < -0.39 is 0 Å². The van der Waals surface area contributed by atoms with E-state index in [2.05, 4.69) is 20.5 Å². The highest BCUT2D eigenvalue weighted by atomic mass is 35.5. The van der Waals surface area contributed by atoms with Crippen molar-refractivity contribution in [2.24, 2.45) is 5.92 Å². The number of aromatic nitrogens is 3. The minimum atomic E-state index is -0.210. The zero-order valence-corrected chi connectivity index (χ0v) is 12.4. The highest BCUT2D eigenvalue weighted by Crippen LogP contribution is 2.19. The van der Waals surface area contributed by atoms with E-state index >= 15 is 0 Å². The van der Waals surface area contributed by atoms with E-state index in [1.807, 2.05) is 32.9 Å². The van der Waals surface area contributed by atoms with Crippen LogP contribution < -0.4 is 5.32 Å². The molecule has 2 aromatic rings. The number of hydrogen-bond donors (Lipinski definition) is 2. The first kappa shape index (κ1) is 14.5. The van der Waals surface area contributed by atoms with Crippen molar-refractivity contribution in [1.82, 2.24) is 20.5 Å². The number of nitrogens with zero attached hydrogens (tertiary/aromatic N) is 2. The molecule has 0 aliphatic rings. The number of carbonyl (C=O) groups is 1. The quantitative estimate of drug-likeness (QED) is 0.910. The lowest BCUT2D eigenvalue weighted by Gasteiger charge is -2.12. The highest BCUT2D eigenvalue weighted by Gasteiger charge is 2.16. The Labute approximate surface area is 122 Å². The summed E-state index contributed by atoms with van der Waals surface area (Å²) >= 11 is 5.85. The van der Waals surface area contributed by atoms with E-state index in [9.17, 15) is 4.79 Å². The van der Waals surface area contributed by atoms with Crippen LogP contribution in [0.2, 0.25) is 5.02 Å². The number of nitrogens with one attached hydrogen (secondary N) is 2. The van der Waals surface area contributed by atoms with E-state index in [4.69, 9.17) is 11.6 Å². The molecule has 0 saturated heterocycles. The molecule has 1 heterocycles. The molecule has 20 heavy (non-hydrogen) atoms. The number of benzene rings is 1. The maximum Gasteiger partial charge on any atom is 0.223 e. The Kier molecular flexibility index (Phi) is 4.39. The van der Waals surface area contributed by atoms with E-state index in [1.165, 1.54) is 0 Å². The van der Waals surface area contributed by atoms with Gasteiger partial charge in [0.2, 0.25) is 5.91 Å². The van der Waals surface area contributed by atoms with Gasteiger partial charge in [0.1, 0.15) is 5.82 Å². The maximum atomic E-state index is 11.7. The molecule has 0 aliphatic heterocycles. The van der Waals surface area contributed by atoms with Crippen molar-refractivity contribution in [3.8, 4) is 11.4 Å². The van der Waals surface area contributed by atoms with Crippen LogP contribution in [0.15, 0.2) is 24.3 Å². The third-order valence-electron chi connectivity index (χ3n) is 2.90. The fraction of sp³-hybridized carbons (Fsp3) is 0.357. The van der Waals surface area contributed by atoms with E-state index in [1.54, 1.807) is 12.1 Å². The molecule has 0 fully saturated rings. The predicted molar refractivity (Wildman–Crippen MR) is 78.2 cm³/mol. The van der Waals surface area contributed by atoms with Crippen molar-refractivity contribution in [2.45, 2.75) is 26.8 Å². The van der Waals surface area contributed by atoms with Gasteiger partial charge in [-0.25, -0.2) is 4.98 Å². The summed E-state index contributed by atoms with van der Waals surface area (Å²) in [6.07, 6.45) is 0. The van der Waals surface area contributed by atoms with Crippen molar-refractivity contribution in [3.05, 3.63) is 35.1 Å².